The van der Waals surface area contributed by atoms with Crippen LogP contribution in [0.25, 0.3) is 28.4 Å². The first kappa shape index (κ1) is 13.4. The van der Waals surface area contributed by atoms with Crippen LogP contribution in [-0.2, 0) is 0 Å². The highest BCUT2D eigenvalue weighted by Gasteiger charge is 2.10. The zero-order valence-electron chi connectivity index (χ0n) is 12.1. The van der Waals surface area contributed by atoms with Gasteiger partial charge >= 0.3 is 0 Å². The summed E-state index contributed by atoms with van der Waals surface area (Å²) in [6.07, 6.45) is 3.89. The minimum Gasteiger partial charge on any atom is -0.456 e. The van der Waals surface area contributed by atoms with Gasteiger partial charge in [0.1, 0.15) is 11.3 Å². The highest BCUT2D eigenvalue weighted by Crippen LogP contribution is 2.25. The standard InChI is InChI=1S/C19H16O2/c1-3-7-15-13(2)10-11-17-19(15)16(20)12-18(21-17)14-8-5-4-6-9-14/h3-12H,1-2H3/b7-3-. The van der Waals surface area contributed by atoms with E-state index < -0.39 is 0 Å². The van der Waals surface area contributed by atoms with Gasteiger partial charge in [0.05, 0.1) is 5.39 Å². The third kappa shape index (κ3) is 2.40. The van der Waals surface area contributed by atoms with E-state index in [-0.39, 0.29) is 5.43 Å². The average molecular weight is 276 g/mol. The van der Waals surface area contributed by atoms with Crippen molar-refractivity contribution in [3.05, 3.63) is 76.0 Å². The fraction of sp³-hybridized carbons (Fsp3) is 0.105. The van der Waals surface area contributed by atoms with Crippen molar-refractivity contribution in [2.24, 2.45) is 0 Å². The molecule has 0 spiro atoms. The van der Waals surface area contributed by atoms with E-state index in [4.69, 9.17) is 4.42 Å². The third-order valence-corrected chi connectivity index (χ3v) is 3.55. The molecule has 2 heteroatoms. The van der Waals surface area contributed by atoms with Gasteiger partial charge in [-0.15, -0.1) is 0 Å². The van der Waals surface area contributed by atoms with Crippen LogP contribution in [0, 0.1) is 6.92 Å². The summed E-state index contributed by atoms with van der Waals surface area (Å²) in [6, 6.07) is 15.1. The minimum atomic E-state index is -0.00750. The lowest BCUT2D eigenvalue weighted by atomic mass is 10.0. The molecular formula is C19H16O2. The van der Waals surface area contributed by atoms with Gasteiger partial charge in [0.15, 0.2) is 5.43 Å². The molecule has 1 heterocycles. The molecule has 0 saturated carbocycles. The van der Waals surface area contributed by atoms with Crippen molar-refractivity contribution >= 4 is 17.0 Å². The Labute approximate surface area is 123 Å². The summed E-state index contributed by atoms with van der Waals surface area (Å²) in [4.78, 5) is 12.5. The second-order valence-corrected chi connectivity index (χ2v) is 5.01. The van der Waals surface area contributed by atoms with Crippen LogP contribution in [0.5, 0.6) is 0 Å². The van der Waals surface area contributed by atoms with Crippen LogP contribution in [0.4, 0.5) is 0 Å². The molecule has 0 saturated heterocycles. The Hall–Kier alpha value is -2.61. The number of aryl methyl sites for hydroxylation is 1. The normalized spacial score (nSPS) is 11.3. The summed E-state index contributed by atoms with van der Waals surface area (Å²) < 4.78 is 5.94. The van der Waals surface area contributed by atoms with Crippen molar-refractivity contribution in [1.29, 1.82) is 0 Å². The lowest BCUT2D eigenvalue weighted by Crippen LogP contribution is -2.03. The molecule has 0 radical (unpaired) electrons. The minimum absolute atomic E-state index is 0.00750. The van der Waals surface area contributed by atoms with Gasteiger partial charge < -0.3 is 4.42 Å². The van der Waals surface area contributed by atoms with Crippen molar-refractivity contribution < 1.29 is 4.42 Å². The first-order valence-electron chi connectivity index (χ1n) is 6.96. The summed E-state index contributed by atoms with van der Waals surface area (Å²) in [7, 11) is 0. The van der Waals surface area contributed by atoms with E-state index >= 15 is 0 Å². The summed E-state index contributed by atoms with van der Waals surface area (Å²) in [5, 5.41) is 0.646. The van der Waals surface area contributed by atoms with Gasteiger partial charge in [-0.1, -0.05) is 48.6 Å². The van der Waals surface area contributed by atoms with E-state index in [1.54, 1.807) is 6.07 Å². The number of hydrogen-bond acceptors (Lipinski definition) is 2. The Morgan fingerprint density at radius 3 is 2.52 bits per heavy atom. The summed E-state index contributed by atoms with van der Waals surface area (Å²) in [6.45, 7) is 3.94. The van der Waals surface area contributed by atoms with Crippen molar-refractivity contribution in [2.45, 2.75) is 13.8 Å². The molecule has 0 unspecified atom stereocenters. The van der Waals surface area contributed by atoms with Crippen LogP contribution in [-0.4, -0.2) is 0 Å². The Bertz CT molecular complexity index is 871. The zero-order chi connectivity index (χ0) is 14.8. The quantitative estimate of drug-likeness (QED) is 0.673. The molecule has 2 nitrogen and oxygen atoms in total. The smallest absolute Gasteiger partial charge is 0.193 e. The van der Waals surface area contributed by atoms with Gasteiger partial charge in [0, 0.05) is 11.6 Å². The summed E-state index contributed by atoms with van der Waals surface area (Å²) in [5.74, 6) is 0.600. The molecular weight excluding hydrogens is 260 g/mol. The SMILES string of the molecule is C/C=C\c1c(C)ccc2oc(-c3ccccc3)cc(=O)c12. The predicted molar refractivity (Wildman–Crippen MR) is 87.4 cm³/mol. The second-order valence-electron chi connectivity index (χ2n) is 5.01. The van der Waals surface area contributed by atoms with Gasteiger partial charge in [0.25, 0.3) is 0 Å². The number of rotatable bonds is 2. The van der Waals surface area contributed by atoms with E-state index in [2.05, 4.69) is 0 Å². The van der Waals surface area contributed by atoms with E-state index in [0.717, 1.165) is 16.7 Å². The monoisotopic (exact) mass is 276 g/mol. The van der Waals surface area contributed by atoms with E-state index in [1.807, 2.05) is 68.5 Å². The molecule has 0 N–H and O–H groups in total. The predicted octanol–water partition coefficient (Wildman–Crippen LogP) is 4.80. The summed E-state index contributed by atoms with van der Waals surface area (Å²) in [5.41, 5.74) is 3.53. The molecule has 3 rings (SSSR count). The third-order valence-electron chi connectivity index (χ3n) is 3.55. The lowest BCUT2D eigenvalue weighted by molar-refractivity contribution is 0.619. The summed E-state index contributed by atoms with van der Waals surface area (Å²) >= 11 is 0. The Morgan fingerprint density at radius 2 is 1.81 bits per heavy atom. The molecule has 0 fully saturated rings. The molecule has 0 aliphatic carbocycles. The van der Waals surface area contributed by atoms with Crippen LogP contribution in [0.2, 0.25) is 0 Å². The van der Waals surface area contributed by atoms with Crippen LogP contribution in [0.3, 0.4) is 0 Å². The molecule has 2 aromatic carbocycles. The van der Waals surface area contributed by atoms with Crippen molar-refractivity contribution in [3.63, 3.8) is 0 Å². The first-order chi connectivity index (χ1) is 10.2. The number of hydrogen-bond donors (Lipinski definition) is 0. The van der Waals surface area contributed by atoms with E-state index in [1.165, 1.54) is 0 Å². The van der Waals surface area contributed by atoms with Crippen molar-refractivity contribution in [1.82, 2.24) is 0 Å². The second kappa shape index (κ2) is 5.41. The van der Waals surface area contributed by atoms with Gasteiger partial charge in [-0.25, -0.2) is 0 Å². The molecule has 0 aliphatic rings. The molecule has 104 valence electrons. The Morgan fingerprint density at radius 1 is 1.05 bits per heavy atom. The van der Waals surface area contributed by atoms with Crippen LogP contribution >= 0.6 is 0 Å². The maximum atomic E-state index is 12.5. The molecule has 21 heavy (non-hydrogen) atoms. The number of benzene rings is 2. The number of allylic oxidation sites excluding steroid dienone is 1. The van der Waals surface area contributed by atoms with Gasteiger partial charge in [0.2, 0.25) is 0 Å². The van der Waals surface area contributed by atoms with Crippen molar-refractivity contribution in [2.75, 3.05) is 0 Å². The highest BCUT2D eigenvalue weighted by atomic mass is 16.3. The molecule has 3 aromatic rings. The van der Waals surface area contributed by atoms with E-state index in [9.17, 15) is 4.79 Å². The molecule has 0 bridgehead atoms. The first-order valence-corrected chi connectivity index (χ1v) is 6.96. The maximum Gasteiger partial charge on any atom is 0.193 e. The number of fused-ring (bicyclic) bond motifs is 1. The highest BCUT2D eigenvalue weighted by molar-refractivity contribution is 5.89. The van der Waals surface area contributed by atoms with Crippen molar-refractivity contribution in [3.8, 4) is 11.3 Å². The Kier molecular flexibility index (Phi) is 3.44. The van der Waals surface area contributed by atoms with Gasteiger partial charge in [-0.2, -0.15) is 0 Å². The molecule has 0 aliphatic heterocycles. The Balaban J connectivity index is 2.33. The fourth-order valence-corrected chi connectivity index (χ4v) is 2.51. The lowest BCUT2D eigenvalue weighted by Gasteiger charge is -2.07. The van der Waals surface area contributed by atoms with Crippen LogP contribution < -0.4 is 5.43 Å². The molecule has 0 amide bonds. The maximum absolute atomic E-state index is 12.5. The van der Waals surface area contributed by atoms with Gasteiger partial charge in [-0.3, -0.25) is 4.79 Å². The topological polar surface area (TPSA) is 30.2 Å². The van der Waals surface area contributed by atoms with Crippen LogP contribution in [0.1, 0.15) is 18.1 Å². The largest absolute Gasteiger partial charge is 0.456 e. The molecule has 1 aromatic heterocycles. The van der Waals surface area contributed by atoms with E-state index in [0.29, 0.717) is 16.7 Å². The van der Waals surface area contributed by atoms with Gasteiger partial charge in [-0.05, 0) is 31.0 Å². The fourth-order valence-electron chi connectivity index (χ4n) is 2.51. The molecule has 0 atom stereocenters. The average Bonchev–Trinajstić information content (AvgIpc) is 2.51. The zero-order valence-corrected chi connectivity index (χ0v) is 12.1. The van der Waals surface area contributed by atoms with Crippen LogP contribution in [0.15, 0.2) is 63.8 Å².